The van der Waals surface area contributed by atoms with Crippen molar-refractivity contribution in [3.05, 3.63) is 69.2 Å². The Kier molecular flexibility index (Phi) is 4.32. The van der Waals surface area contributed by atoms with E-state index in [0.717, 1.165) is 5.56 Å². The molecule has 1 nitrogen and oxygen atoms in total. The first kappa shape index (κ1) is 14.2. The van der Waals surface area contributed by atoms with Crippen LogP contribution in [0.25, 0.3) is 0 Å². The van der Waals surface area contributed by atoms with Crippen LogP contribution in [0.1, 0.15) is 22.7 Å². The van der Waals surface area contributed by atoms with Gasteiger partial charge in [-0.2, -0.15) is 0 Å². The molecule has 100 valence electrons. The van der Waals surface area contributed by atoms with Crippen LogP contribution in [0.3, 0.4) is 0 Å². The highest BCUT2D eigenvalue weighted by molar-refractivity contribution is 9.10. The van der Waals surface area contributed by atoms with E-state index < -0.39 is 0 Å². The second-order valence-electron chi connectivity index (χ2n) is 4.37. The topological polar surface area (TPSA) is 12.0 Å². The van der Waals surface area contributed by atoms with E-state index in [1.54, 1.807) is 38.2 Å². The molecule has 0 radical (unpaired) electrons. The molecule has 2 aromatic carbocycles. The second kappa shape index (κ2) is 5.80. The van der Waals surface area contributed by atoms with E-state index in [0.29, 0.717) is 15.6 Å². The predicted octanol–water partition coefficient (Wildman–Crippen LogP) is 4.34. The number of nitrogens with one attached hydrogen (secondary N) is 1. The number of rotatable bonds is 3. The van der Waals surface area contributed by atoms with Crippen LogP contribution in [0.15, 0.2) is 40.9 Å². The van der Waals surface area contributed by atoms with Crippen LogP contribution >= 0.6 is 15.9 Å². The molecular formula is C15H14BrF2N. The Morgan fingerprint density at radius 2 is 1.84 bits per heavy atom. The molecule has 0 amide bonds. The third-order valence-electron chi connectivity index (χ3n) is 3.09. The van der Waals surface area contributed by atoms with Crippen molar-refractivity contribution in [2.75, 3.05) is 7.05 Å². The standard InChI is InChI=1S/C15H14BrF2N/c1-9-8-10(6-7-12(9)17)15(19-2)14-11(16)4-3-5-13(14)18/h3-8,15,19H,1-2H3. The molecule has 1 unspecified atom stereocenters. The first-order chi connectivity index (χ1) is 9.04. The number of aryl methyl sites for hydroxylation is 1. The summed E-state index contributed by atoms with van der Waals surface area (Å²) in [5.41, 5.74) is 1.90. The highest BCUT2D eigenvalue weighted by atomic mass is 79.9. The second-order valence-corrected chi connectivity index (χ2v) is 5.22. The van der Waals surface area contributed by atoms with Crippen molar-refractivity contribution >= 4 is 15.9 Å². The van der Waals surface area contributed by atoms with Gasteiger partial charge >= 0.3 is 0 Å². The molecule has 4 heteroatoms. The van der Waals surface area contributed by atoms with Gasteiger partial charge in [-0.15, -0.1) is 0 Å². The number of hydrogen-bond acceptors (Lipinski definition) is 1. The van der Waals surface area contributed by atoms with E-state index in [4.69, 9.17) is 0 Å². The summed E-state index contributed by atoms with van der Waals surface area (Å²) in [4.78, 5) is 0. The van der Waals surface area contributed by atoms with Crippen molar-refractivity contribution in [2.24, 2.45) is 0 Å². The molecule has 0 fully saturated rings. The summed E-state index contributed by atoms with van der Waals surface area (Å²) >= 11 is 3.36. The largest absolute Gasteiger partial charge is 0.309 e. The lowest BCUT2D eigenvalue weighted by Crippen LogP contribution is -2.19. The molecule has 0 saturated carbocycles. The first-order valence-corrected chi connectivity index (χ1v) is 6.71. The molecule has 0 bridgehead atoms. The van der Waals surface area contributed by atoms with Crippen LogP contribution in [-0.4, -0.2) is 7.05 Å². The van der Waals surface area contributed by atoms with Crippen LogP contribution in [0.4, 0.5) is 8.78 Å². The van der Waals surface area contributed by atoms with Crippen molar-refractivity contribution in [2.45, 2.75) is 13.0 Å². The number of benzene rings is 2. The van der Waals surface area contributed by atoms with Gasteiger partial charge in [-0.1, -0.05) is 34.1 Å². The van der Waals surface area contributed by atoms with Crippen molar-refractivity contribution in [1.29, 1.82) is 0 Å². The maximum absolute atomic E-state index is 14.0. The molecule has 0 saturated heterocycles. The molecule has 0 aliphatic rings. The van der Waals surface area contributed by atoms with Gasteiger partial charge in [0, 0.05) is 10.0 Å². The third-order valence-corrected chi connectivity index (χ3v) is 3.78. The summed E-state index contributed by atoms with van der Waals surface area (Å²) in [6.45, 7) is 1.70. The van der Waals surface area contributed by atoms with E-state index in [-0.39, 0.29) is 17.7 Å². The fraction of sp³-hybridized carbons (Fsp3) is 0.200. The fourth-order valence-corrected chi connectivity index (χ4v) is 2.68. The van der Waals surface area contributed by atoms with Crippen LogP contribution in [0.2, 0.25) is 0 Å². The minimum Gasteiger partial charge on any atom is -0.309 e. The Morgan fingerprint density at radius 1 is 1.11 bits per heavy atom. The molecule has 2 aromatic rings. The Morgan fingerprint density at radius 3 is 2.42 bits per heavy atom. The van der Waals surface area contributed by atoms with E-state index in [9.17, 15) is 8.78 Å². The van der Waals surface area contributed by atoms with Crippen LogP contribution in [0, 0.1) is 18.6 Å². The predicted molar refractivity (Wildman–Crippen MR) is 76.1 cm³/mol. The summed E-state index contributed by atoms with van der Waals surface area (Å²) in [6, 6.07) is 9.34. The maximum Gasteiger partial charge on any atom is 0.129 e. The minimum atomic E-state index is -0.324. The van der Waals surface area contributed by atoms with Crippen molar-refractivity contribution < 1.29 is 8.78 Å². The van der Waals surface area contributed by atoms with E-state index in [1.807, 2.05) is 0 Å². The van der Waals surface area contributed by atoms with Gasteiger partial charge in [0.2, 0.25) is 0 Å². The van der Waals surface area contributed by atoms with Crippen molar-refractivity contribution in [3.63, 3.8) is 0 Å². The summed E-state index contributed by atoms with van der Waals surface area (Å²) in [6.07, 6.45) is 0. The highest BCUT2D eigenvalue weighted by Crippen LogP contribution is 2.31. The lowest BCUT2D eigenvalue weighted by Gasteiger charge is -2.20. The molecule has 0 aliphatic heterocycles. The molecule has 0 spiro atoms. The molecule has 0 heterocycles. The maximum atomic E-state index is 14.0. The average Bonchev–Trinajstić information content (AvgIpc) is 2.37. The van der Waals surface area contributed by atoms with E-state index in [1.165, 1.54) is 12.1 Å². The van der Waals surface area contributed by atoms with Gasteiger partial charge in [0.1, 0.15) is 11.6 Å². The third kappa shape index (κ3) is 2.85. The Hall–Kier alpha value is -1.26. The quantitative estimate of drug-likeness (QED) is 0.884. The number of hydrogen-bond donors (Lipinski definition) is 1. The molecule has 1 N–H and O–H groups in total. The van der Waals surface area contributed by atoms with Crippen LogP contribution in [-0.2, 0) is 0 Å². The van der Waals surface area contributed by atoms with Crippen LogP contribution < -0.4 is 5.32 Å². The normalized spacial score (nSPS) is 12.5. The Balaban J connectivity index is 2.53. The molecular weight excluding hydrogens is 312 g/mol. The smallest absolute Gasteiger partial charge is 0.129 e. The Labute approximate surface area is 119 Å². The van der Waals surface area contributed by atoms with E-state index >= 15 is 0 Å². The summed E-state index contributed by atoms with van der Waals surface area (Å²) in [5, 5.41) is 3.07. The Bertz CT molecular complexity index is 578. The number of halogens is 3. The lowest BCUT2D eigenvalue weighted by atomic mass is 9.97. The average molecular weight is 326 g/mol. The van der Waals surface area contributed by atoms with E-state index in [2.05, 4.69) is 21.2 Å². The van der Waals surface area contributed by atoms with Gasteiger partial charge < -0.3 is 5.32 Å². The molecule has 0 aromatic heterocycles. The van der Waals surface area contributed by atoms with Gasteiger partial charge in [-0.05, 0) is 43.3 Å². The van der Waals surface area contributed by atoms with Crippen LogP contribution in [0.5, 0.6) is 0 Å². The van der Waals surface area contributed by atoms with Gasteiger partial charge in [0.05, 0.1) is 6.04 Å². The van der Waals surface area contributed by atoms with Crippen molar-refractivity contribution in [3.8, 4) is 0 Å². The fourth-order valence-electron chi connectivity index (χ4n) is 2.11. The molecule has 0 aliphatic carbocycles. The summed E-state index contributed by atoms with van der Waals surface area (Å²) in [5.74, 6) is -0.554. The zero-order valence-electron chi connectivity index (χ0n) is 10.7. The van der Waals surface area contributed by atoms with Gasteiger partial charge in [0.15, 0.2) is 0 Å². The molecule has 2 rings (SSSR count). The summed E-state index contributed by atoms with van der Waals surface area (Å²) < 4.78 is 28.0. The monoisotopic (exact) mass is 325 g/mol. The lowest BCUT2D eigenvalue weighted by molar-refractivity contribution is 0.571. The first-order valence-electron chi connectivity index (χ1n) is 5.92. The minimum absolute atomic E-state index is 0.258. The van der Waals surface area contributed by atoms with Crippen molar-refractivity contribution in [1.82, 2.24) is 5.32 Å². The van der Waals surface area contributed by atoms with Gasteiger partial charge in [-0.25, -0.2) is 8.78 Å². The zero-order chi connectivity index (χ0) is 14.0. The zero-order valence-corrected chi connectivity index (χ0v) is 12.3. The van der Waals surface area contributed by atoms with Gasteiger partial charge in [-0.3, -0.25) is 0 Å². The molecule has 19 heavy (non-hydrogen) atoms. The SMILES string of the molecule is CNC(c1ccc(F)c(C)c1)c1c(F)cccc1Br. The van der Waals surface area contributed by atoms with Gasteiger partial charge in [0.25, 0.3) is 0 Å². The molecule has 1 atom stereocenters. The highest BCUT2D eigenvalue weighted by Gasteiger charge is 2.19. The summed E-state index contributed by atoms with van der Waals surface area (Å²) in [7, 11) is 1.75.